The zero-order chi connectivity index (χ0) is 15.7. The molecule has 0 aliphatic carbocycles. The van der Waals surface area contributed by atoms with Crippen LogP contribution < -0.4 is 4.72 Å². The maximum absolute atomic E-state index is 12.4. The van der Waals surface area contributed by atoms with Crippen molar-refractivity contribution in [2.24, 2.45) is 0 Å². The second-order valence-electron chi connectivity index (χ2n) is 5.73. The molecule has 0 radical (unpaired) electrons. The molecule has 0 aliphatic rings. The molecule has 0 bridgehead atoms. The van der Waals surface area contributed by atoms with Crippen LogP contribution in [0.25, 0.3) is 11.3 Å². The lowest BCUT2D eigenvalue weighted by atomic mass is 10.1. The Labute approximate surface area is 133 Å². The fraction of sp³-hybridized carbons (Fsp3) is 0.267. The van der Waals surface area contributed by atoms with Crippen LogP contribution in [0.1, 0.15) is 20.8 Å². The minimum atomic E-state index is -3.55. The average Bonchev–Trinajstić information content (AvgIpc) is 2.36. The molecule has 2 rings (SSSR count). The first-order valence-electron chi connectivity index (χ1n) is 6.44. The maximum Gasteiger partial charge on any atom is 0.241 e. The average molecular weight is 369 g/mol. The van der Waals surface area contributed by atoms with E-state index in [1.54, 1.807) is 18.2 Å². The van der Waals surface area contributed by atoms with Gasteiger partial charge in [0.15, 0.2) is 0 Å². The molecule has 112 valence electrons. The lowest BCUT2D eigenvalue weighted by molar-refractivity contribution is 0.491. The van der Waals surface area contributed by atoms with E-state index in [9.17, 15) is 8.42 Å². The van der Waals surface area contributed by atoms with Gasteiger partial charge in [0, 0.05) is 11.1 Å². The van der Waals surface area contributed by atoms with Crippen LogP contribution in [0.2, 0.25) is 0 Å². The monoisotopic (exact) mass is 368 g/mol. The zero-order valence-electron chi connectivity index (χ0n) is 12.1. The van der Waals surface area contributed by atoms with Crippen molar-refractivity contribution < 1.29 is 8.42 Å². The summed E-state index contributed by atoms with van der Waals surface area (Å²) in [4.78, 5) is 4.58. The summed E-state index contributed by atoms with van der Waals surface area (Å²) in [6, 6.07) is 12.3. The van der Waals surface area contributed by atoms with Crippen LogP contribution in [0.5, 0.6) is 0 Å². The Morgan fingerprint density at radius 2 is 1.76 bits per heavy atom. The highest BCUT2D eigenvalue weighted by molar-refractivity contribution is 9.10. The van der Waals surface area contributed by atoms with E-state index in [0.29, 0.717) is 4.60 Å². The summed E-state index contributed by atoms with van der Waals surface area (Å²) in [6.07, 6.45) is 0. The van der Waals surface area contributed by atoms with Gasteiger partial charge in [-0.2, -0.15) is 0 Å². The van der Waals surface area contributed by atoms with Gasteiger partial charge in [-0.3, -0.25) is 0 Å². The molecule has 2 aromatic rings. The number of aromatic nitrogens is 1. The quantitative estimate of drug-likeness (QED) is 0.842. The van der Waals surface area contributed by atoms with Crippen molar-refractivity contribution in [2.75, 3.05) is 0 Å². The molecule has 21 heavy (non-hydrogen) atoms. The van der Waals surface area contributed by atoms with Crippen molar-refractivity contribution >= 4 is 26.0 Å². The molecule has 0 atom stereocenters. The van der Waals surface area contributed by atoms with Crippen molar-refractivity contribution in [3.05, 3.63) is 47.1 Å². The molecular weight excluding hydrogens is 352 g/mol. The molecule has 4 nitrogen and oxygen atoms in total. The number of sulfonamides is 1. The van der Waals surface area contributed by atoms with Crippen molar-refractivity contribution in [2.45, 2.75) is 31.2 Å². The Bertz CT molecular complexity index is 752. The van der Waals surface area contributed by atoms with Gasteiger partial charge in [-0.15, -0.1) is 0 Å². The highest BCUT2D eigenvalue weighted by Crippen LogP contribution is 2.23. The highest BCUT2D eigenvalue weighted by atomic mass is 79.9. The van der Waals surface area contributed by atoms with E-state index in [1.165, 1.54) is 0 Å². The third-order valence-electron chi connectivity index (χ3n) is 2.60. The largest absolute Gasteiger partial charge is 0.241 e. The van der Waals surface area contributed by atoms with Crippen LogP contribution in [0.4, 0.5) is 0 Å². The van der Waals surface area contributed by atoms with Crippen LogP contribution in [0.15, 0.2) is 52.0 Å². The van der Waals surface area contributed by atoms with E-state index in [2.05, 4.69) is 25.6 Å². The number of halogens is 1. The molecule has 1 heterocycles. The molecule has 1 aromatic heterocycles. The van der Waals surface area contributed by atoms with E-state index in [-0.39, 0.29) is 4.90 Å². The minimum absolute atomic E-state index is 0.233. The Morgan fingerprint density at radius 3 is 2.38 bits per heavy atom. The maximum atomic E-state index is 12.4. The van der Waals surface area contributed by atoms with E-state index in [0.717, 1.165) is 11.3 Å². The SMILES string of the molecule is CC(C)(C)NS(=O)(=O)c1cccc(-c2cccc(Br)n2)c1. The van der Waals surface area contributed by atoms with Gasteiger partial charge in [-0.25, -0.2) is 18.1 Å². The summed E-state index contributed by atoms with van der Waals surface area (Å²) in [5.74, 6) is 0. The topological polar surface area (TPSA) is 59.1 Å². The van der Waals surface area contributed by atoms with Crippen LogP contribution >= 0.6 is 15.9 Å². The van der Waals surface area contributed by atoms with Crippen molar-refractivity contribution in [3.63, 3.8) is 0 Å². The molecule has 0 amide bonds. The molecule has 0 aliphatic heterocycles. The number of nitrogens with one attached hydrogen (secondary N) is 1. The Balaban J connectivity index is 2.43. The number of nitrogens with zero attached hydrogens (tertiary/aromatic N) is 1. The van der Waals surface area contributed by atoms with Gasteiger partial charge < -0.3 is 0 Å². The zero-order valence-corrected chi connectivity index (χ0v) is 14.5. The number of pyridine rings is 1. The molecule has 0 saturated heterocycles. The molecule has 0 spiro atoms. The molecule has 0 saturated carbocycles. The van der Waals surface area contributed by atoms with Gasteiger partial charge in [0.05, 0.1) is 10.6 Å². The smallest absolute Gasteiger partial charge is 0.241 e. The predicted molar refractivity (Wildman–Crippen MR) is 87.4 cm³/mol. The molecular formula is C15H17BrN2O2S. The second-order valence-corrected chi connectivity index (χ2v) is 8.22. The van der Waals surface area contributed by atoms with Crippen molar-refractivity contribution in [1.29, 1.82) is 0 Å². The van der Waals surface area contributed by atoms with Gasteiger partial charge >= 0.3 is 0 Å². The van der Waals surface area contributed by atoms with Gasteiger partial charge in [-0.05, 0) is 61.0 Å². The first-order valence-corrected chi connectivity index (χ1v) is 8.72. The van der Waals surface area contributed by atoms with E-state index >= 15 is 0 Å². The summed E-state index contributed by atoms with van der Waals surface area (Å²) in [5.41, 5.74) is 0.952. The van der Waals surface area contributed by atoms with Crippen molar-refractivity contribution in [1.82, 2.24) is 9.71 Å². The van der Waals surface area contributed by atoms with Gasteiger partial charge in [0.2, 0.25) is 10.0 Å². The number of hydrogen-bond acceptors (Lipinski definition) is 3. The summed E-state index contributed by atoms with van der Waals surface area (Å²) in [7, 11) is -3.55. The number of hydrogen-bond donors (Lipinski definition) is 1. The summed E-state index contributed by atoms with van der Waals surface area (Å²) < 4.78 is 28.1. The molecule has 0 fully saturated rings. The van der Waals surface area contributed by atoms with Gasteiger partial charge in [0.1, 0.15) is 4.60 Å². The number of benzene rings is 1. The van der Waals surface area contributed by atoms with Crippen molar-refractivity contribution in [3.8, 4) is 11.3 Å². The van der Waals surface area contributed by atoms with Crippen LogP contribution in [-0.2, 0) is 10.0 Å². The first kappa shape index (κ1) is 16.1. The van der Waals surface area contributed by atoms with Crippen LogP contribution in [0, 0.1) is 0 Å². The Kier molecular flexibility index (Phi) is 4.51. The number of rotatable bonds is 3. The second kappa shape index (κ2) is 5.87. The van der Waals surface area contributed by atoms with E-state index in [1.807, 2.05) is 45.0 Å². The standard InChI is InChI=1S/C15H17BrN2O2S/c1-15(2,3)18-21(19,20)12-7-4-6-11(10-12)13-8-5-9-14(16)17-13/h4-10,18H,1-3H3. The molecule has 1 N–H and O–H groups in total. The fourth-order valence-corrected chi connectivity index (χ4v) is 3.66. The third-order valence-corrected chi connectivity index (χ3v) is 4.79. The summed E-state index contributed by atoms with van der Waals surface area (Å²) in [6.45, 7) is 5.43. The summed E-state index contributed by atoms with van der Waals surface area (Å²) in [5, 5.41) is 0. The van der Waals surface area contributed by atoms with E-state index < -0.39 is 15.6 Å². The Morgan fingerprint density at radius 1 is 1.10 bits per heavy atom. The third kappa shape index (κ3) is 4.36. The predicted octanol–water partition coefficient (Wildman–Crippen LogP) is 3.59. The highest BCUT2D eigenvalue weighted by Gasteiger charge is 2.22. The first-order chi connectivity index (χ1) is 9.67. The van der Waals surface area contributed by atoms with Gasteiger partial charge in [-0.1, -0.05) is 18.2 Å². The lowest BCUT2D eigenvalue weighted by Crippen LogP contribution is -2.40. The molecule has 6 heteroatoms. The minimum Gasteiger partial charge on any atom is -0.241 e. The summed E-state index contributed by atoms with van der Waals surface area (Å²) >= 11 is 3.32. The Hall–Kier alpha value is -1.24. The normalized spacial score (nSPS) is 12.4. The van der Waals surface area contributed by atoms with Crippen LogP contribution in [-0.4, -0.2) is 18.9 Å². The molecule has 0 unspecified atom stereocenters. The fourth-order valence-electron chi connectivity index (χ4n) is 1.85. The van der Waals surface area contributed by atoms with Gasteiger partial charge in [0.25, 0.3) is 0 Å². The molecule has 1 aromatic carbocycles. The van der Waals surface area contributed by atoms with E-state index in [4.69, 9.17) is 0 Å². The van der Waals surface area contributed by atoms with Crippen LogP contribution in [0.3, 0.4) is 0 Å². The lowest BCUT2D eigenvalue weighted by Gasteiger charge is -2.20.